The second kappa shape index (κ2) is 3.88. The second-order valence-corrected chi connectivity index (χ2v) is 6.74. The van der Waals surface area contributed by atoms with Crippen LogP contribution in [0.5, 0.6) is 0 Å². The highest BCUT2D eigenvalue weighted by Gasteiger charge is 2.46. The summed E-state index contributed by atoms with van der Waals surface area (Å²) in [5.74, 6) is 2.70. The summed E-state index contributed by atoms with van der Waals surface area (Å²) < 4.78 is 1.08. The van der Waals surface area contributed by atoms with Gasteiger partial charge in [-0.1, -0.05) is 22.0 Å². The van der Waals surface area contributed by atoms with Crippen molar-refractivity contribution in [2.75, 3.05) is 11.5 Å². The van der Waals surface area contributed by atoms with Crippen LogP contribution < -0.4 is 0 Å². The molecule has 3 heteroatoms. The van der Waals surface area contributed by atoms with E-state index in [-0.39, 0.29) is 5.41 Å². The Kier molecular flexibility index (Phi) is 2.63. The first-order valence-corrected chi connectivity index (χ1v) is 7.57. The Balaban J connectivity index is 2.11. The molecule has 0 amide bonds. The van der Waals surface area contributed by atoms with Gasteiger partial charge < -0.3 is 0 Å². The lowest BCUT2D eigenvalue weighted by molar-refractivity contribution is -0.123. The van der Waals surface area contributed by atoms with Gasteiger partial charge in [0, 0.05) is 10.9 Å². The number of benzene rings is 1. The Morgan fingerprint density at radius 2 is 2.00 bits per heavy atom. The van der Waals surface area contributed by atoms with Gasteiger partial charge in [0.2, 0.25) is 0 Å². The van der Waals surface area contributed by atoms with Gasteiger partial charge in [0.1, 0.15) is 5.78 Å². The largest absolute Gasteiger partial charge is 0.298 e. The van der Waals surface area contributed by atoms with Crippen molar-refractivity contribution in [2.24, 2.45) is 0 Å². The monoisotopic (exact) mass is 296 g/mol. The molecule has 0 N–H and O–H groups in total. The van der Waals surface area contributed by atoms with Crippen molar-refractivity contribution in [3.8, 4) is 0 Å². The summed E-state index contributed by atoms with van der Waals surface area (Å²) in [5, 5.41) is 0. The van der Waals surface area contributed by atoms with Crippen molar-refractivity contribution in [3.63, 3.8) is 0 Å². The van der Waals surface area contributed by atoms with Crippen molar-refractivity contribution in [3.05, 3.63) is 33.8 Å². The van der Waals surface area contributed by atoms with Gasteiger partial charge in [-0.25, -0.2) is 0 Å². The fourth-order valence-corrected chi connectivity index (χ4v) is 4.53. The molecule has 84 valence electrons. The summed E-state index contributed by atoms with van der Waals surface area (Å²) in [6, 6.07) is 6.34. The number of fused-ring (bicyclic) bond motifs is 2. The first-order chi connectivity index (χ1) is 7.72. The van der Waals surface area contributed by atoms with Gasteiger partial charge in [-0.15, -0.1) is 0 Å². The van der Waals surface area contributed by atoms with Crippen LogP contribution in [0.4, 0.5) is 0 Å². The molecule has 0 unspecified atom stereocenters. The average Bonchev–Trinajstić information content (AvgIpc) is 2.53. The van der Waals surface area contributed by atoms with Gasteiger partial charge >= 0.3 is 0 Å². The molecule has 1 nitrogen and oxygen atoms in total. The van der Waals surface area contributed by atoms with Crippen LogP contribution in [-0.4, -0.2) is 17.3 Å². The Morgan fingerprint density at radius 3 is 2.75 bits per heavy atom. The highest BCUT2D eigenvalue weighted by molar-refractivity contribution is 9.10. The fraction of sp³-hybridized carbons (Fsp3) is 0.462. The third kappa shape index (κ3) is 1.48. The molecular formula is C13H13BrOS. The number of hydrogen-bond donors (Lipinski definition) is 0. The molecule has 1 fully saturated rings. The standard InChI is InChI=1S/C13H13BrOS/c14-10-1-2-11-9(7-10)8-12(15)13(11)3-5-16-6-4-13/h1-2,7H,3-6,8H2. The zero-order chi connectivity index (χ0) is 11.2. The van der Waals surface area contributed by atoms with E-state index in [1.165, 1.54) is 11.1 Å². The maximum absolute atomic E-state index is 12.3. The molecule has 2 aliphatic rings. The summed E-state index contributed by atoms with van der Waals surface area (Å²) in [6.07, 6.45) is 2.70. The van der Waals surface area contributed by atoms with E-state index in [9.17, 15) is 4.79 Å². The van der Waals surface area contributed by atoms with E-state index in [0.29, 0.717) is 12.2 Å². The van der Waals surface area contributed by atoms with Crippen molar-refractivity contribution in [1.82, 2.24) is 0 Å². The zero-order valence-electron chi connectivity index (χ0n) is 8.96. The van der Waals surface area contributed by atoms with Crippen LogP contribution in [0.2, 0.25) is 0 Å². The molecule has 0 atom stereocenters. The van der Waals surface area contributed by atoms with Crippen molar-refractivity contribution in [2.45, 2.75) is 24.7 Å². The fourth-order valence-electron chi connectivity index (χ4n) is 2.94. The molecule has 1 aromatic carbocycles. The highest BCUT2D eigenvalue weighted by Crippen LogP contribution is 2.46. The van der Waals surface area contributed by atoms with Crippen molar-refractivity contribution < 1.29 is 4.79 Å². The minimum absolute atomic E-state index is 0.124. The number of halogens is 1. The molecule has 1 aliphatic carbocycles. The summed E-state index contributed by atoms with van der Waals surface area (Å²) >= 11 is 5.46. The molecule has 0 bridgehead atoms. The van der Waals surface area contributed by atoms with Gasteiger partial charge in [-0.2, -0.15) is 11.8 Å². The maximum Gasteiger partial charge on any atom is 0.147 e. The molecule has 1 spiro atoms. The van der Waals surface area contributed by atoms with Crippen LogP contribution >= 0.6 is 27.7 Å². The number of ketones is 1. The predicted octanol–water partition coefficient (Wildman–Crippen LogP) is 3.34. The van der Waals surface area contributed by atoms with E-state index < -0.39 is 0 Å². The molecule has 3 rings (SSSR count). The van der Waals surface area contributed by atoms with Gasteiger partial charge in [0.15, 0.2) is 0 Å². The number of carbonyl (C=O) groups is 1. The number of hydrogen-bond acceptors (Lipinski definition) is 2. The molecule has 1 aliphatic heterocycles. The molecule has 16 heavy (non-hydrogen) atoms. The minimum atomic E-state index is -0.124. The van der Waals surface area contributed by atoms with E-state index >= 15 is 0 Å². The van der Waals surface area contributed by atoms with E-state index in [0.717, 1.165) is 28.8 Å². The minimum Gasteiger partial charge on any atom is -0.298 e. The molecular weight excluding hydrogens is 284 g/mol. The Labute approximate surface area is 108 Å². The summed E-state index contributed by atoms with van der Waals surface area (Å²) in [5.41, 5.74) is 2.42. The molecule has 0 radical (unpaired) electrons. The predicted molar refractivity (Wildman–Crippen MR) is 71.1 cm³/mol. The topological polar surface area (TPSA) is 17.1 Å². The molecule has 1 saturated heterocycles. The third-order valence-corrected chi connectivity index (χ3v) is 5.29. The normalized spacial score (nSPS) is 22.4. The molecule has 1 heterocycles. The summed E-state index contributed by atoms with van der Waals surface area (Å²) in [4.78, 5) is 12.3. The number of rotatable bonds is 0. The lowest BCUT2D eigenvalue weighted by atomic mass is 9.76. The van der Waals surface area contributed by atoms with E-state index in [4.69, 9.17) is 0 Å². The van der Waals surface area contributed by atoms with Gasteiger partial charge in [-0.3, -0.25) is 4.79 Å². The number of Topliss-reactive ketones (excluding diaryl/α,β-unsaturated/α-hetero) is 1. The van der Waals surface area contributed by atoms with Crippen LogP contribution in [-0.2, 0) is 16.6 Å². The van der Waals surface area contributed by atoms with Crippen molar-refractivity contribution in [1.29, 1.82) is 0 Å². The average molecular weight is 297 g/mol. The van der Waals surface area contributed by atoms with E-state index in [1.54, 1.807) is 0 Å². The van der Waals surface area contributed by atoms with Crippen LogP contribution in [0.3, 0.4) is 0 Å². The van der Waals surface area contributed by atoms with Crippen LogP contribution in [0, 0.1) is 0 Å². The Morgan fingerprint density at radius 1 is 1.25 bits per heavy atom. The van der Waals surface area contributed by atoms with E-state index in [1.807, 2.05) is 11.8 Å². The van der Waals surface area contributed by atoms with E-state index in [2.05, 4.69) is 34.1 Å². The zero-order valence-corrected chi connectivity index (χ0v) is 11.4. The first kappa shape index (κ1) is 10.8. The van der Waals surface area contributed by atoms with Gasteiger partial charge in [-0.05, 0) is 47.6 Å². The van der Waals surface area contributed by atoms with Crippen LogP contribution in [0.25, 0.3) is 0 Å². The quantitative estimate of drug-likeness (QED) is 0.730. The SMILES string of the molecule is O=C1Cc2cc(Br)ccc2C12CCSCC2. The Bertz CT molecular complexity index is 449. The highest BCUT2D eigenvalue weighted by atomic mass is 79.9. The van der Waals surface area contributed by atoms with Crippen LogP contribution in [0.1, 0.15) is 24.0 Å². The lowest BCUT2D eigenvalue weighted by Crippen LogP contribution is -2.36. The van der Waals surface area contributed by atoms with Crippen molar-refractivity contribution >= 4 is 33.5 Å². The number of thioether (sulfide) groups is 1. The smallest absolute Gasteiger partial charge is 0.147 e. The molecule has 0 aromatic heterocycles. The van der Waals surface area contributed by atoms with Gasteiger partial charge in [0.25, 0.3) is 0 Å². The summed E-state index contributed by atoms with van der Waals surface area (Å²) in [6.45, 7) is 0. The molecule has 0 saturated carbocycles. The Hall–Kier alpha value is -0.280. The maximum atomic E-state index is 12.3. The third-order valence-electron chi connectivity index (χ3n) is 3.81. The number of carbonyl (C=O) groups excluding carboxylic acids is 1. The lowest BCUT2D eigenvalue weighted by Gasteiger charge is -2.32. The van der Waals surface area contributed by atoms with Crippen LogP contribution in [0.15, 0.2) is 22.7 Å². The first-order valence-electron chi connectivity index (χ1n) is 5.62. The van der Waals surface area contributed by atoms with Gasteiger partial charge in [0.05, 0.1) is 5.41 Å². The molecule has 1 aromatic rings. The second-order valence-electron chi connectivity index (χ2n) is 4.60. The summed E-state index contributed by atoms with van der Waals surface area (Å²) in [7, 11) is 0.